The third-order valence-corrected chi connectivity index (χ3v) is 7.00. The van der Waals surface area contributed by atoms with Crippen LogP contribution in [0.2, 0.25) is 0 Å². The van der Waals surface area contributed by atoms with E-state index in [2.05, 4.69) is 68.0 Å². The van der Waals surface area contributed by atoms with E-state index in [9.17, 15) is 0 Å². The molecule has 4 rings (SSSR count). The van der Waals surface area contributed by atoms with Gasteiger partial charge in [-0.05, 0) is 51.8 Å². The van der Waals surface area contributed by atoms with Crippen LogP contribution in [0.3, 0.4) is 0 Å². The average molecular weight is 411 g/mol. The molecule has 3 heterocycles. The fourth-order valence-electron chi connectivity index (χ4n) is 3.24. The normalized spacial score (nSPS) is 12.6. The number of hydrogen-bond donors (Lipinski definition) is 1. The van der Waals surface area contributed by atoms with Crippen LogP contribution in [0.1, 0.15) is 39.6 Å². The van der Waals surface area contributed by atoms with Crippen molar-refractivity contribution in [1.29, 1.82) is 0 Å². The fraction of sp³-hybridized carbons (Fsp3) is 0.300. The summed E-state index contributed by atoms with van der Waals surface area (Å²) in [6.07, 6.45) is 1.75. The molecule has 0 fully saturated rings. The summed E-state index contributed by atoms with van der Waals surface area (Å²) in [6.45, 7) is 10.4. The van der Waals surface area contributed by atoms with Crippen LogP contribution in [-0.4, -0.2) is 24.7 Å². The van der Waals surface area contributed by atoms with E-state index >= 15 is 0 Å². The molecule has 6 nitrogen and oxygen atoms in total. The molecule has 8 heteroatoms. The van der Waals surface area contributed by atoms with Crippen molar-refractivity contribution >= 4 is 39.1 Å². The standard InChI is InChI=1S/C20H22N6S2/c1-10-6-7-15(11(2)8-10)26-9-22-25-20(26)28-14(5)18-23-17(21)16-12(3)13(4)27-19(16)24-18/h6-9,14H,1-5H3,(H2,21,23,24). The minimum Gasteiger partial charge on any atom is -0.383 e. The molecule has 0 spiro atoms. The van der Waals surface area contributed by atoms with Crippen molar-refractivity contribution in [1.82, 2.24) is 24.7 Å². The molecule has 1 atom stereocenters. The third kappa shape index (κ3) is 3.27. The molecule has 3 aromatic heterocycles. The number of fused-ring (bicyclic) bond motifs is 1. The number of hydrogen-bond acceptors (Lipinski definition) is 7. The van der Waals surface area contributed by atoms with Crippen LogP contribution in [0.5, 0.6) is 0 Å². The predicted octanol–water partition coefficient (Wildman–Crippen LogP) is 4.94. The molecule has 0 saturated carbocycles. The number of aromatic nitrogens is 5. The molecular formula is C20H22N6S2. The number of thioether (sulfide) groups is 1. The lowest BCUT2D eigenvalue weighted by Crippen LogP contribution is -2.04. The van der Waals surface area contributed by atoms with Gasteiger partial charge in [-0.3, -0.25) is 4.57 Å². The maximum absolute atomic E-state index is 6.25. The first kappa shape index (κ1) is 18.9. The molecule has 1 aromatic carbocycles. The Morgan fingerprint density at radius 3 is 2.68 bits per heavy atom. The Bertz CT molecular complexity index is 1180. The molecule has 0 aliphatic heterocycles. The Morgan fingerprint density at radius 2 is 1.93 bits per heavy atom. The van der Waals surface area contributed by atoms with Gasteiger partial charge >= 0.3 is 0 Å². The summed E-state index contributed by atoms with van der Waals surface area (Å²) in [7, 11) is 0. The van der Waals surface area contributed by atoms with Crippen molar-refractivity contribution in [2.75, 3.05) is 5.73 Å². The lowest BCUT2D eigenvalue weighted by Gasteiger charge is -2.13. The van der Waals surface area contributed by atoms with Crippen molar-refractivity contribution in [3.05, 3.63) is 51.9 Å². The maximum atomic E-state index is 6.25. The number of anilines is 1. The zero-order valence-corrected chi connectivity index (χ0v) is 18.1. The monoisotopic (exact) mass is 410 g/mol. The van der Waals surface area contributed by atoms with Crippen LogP contribution in [0.15, 0.2) is 29.7 Å². The summed E-state index contributed by atoms with van der Waals surface area (Å²) in [4.78, 5) is 11.5. The van der Waals surface area contributed by atoms with Gasteiger partial charge in [-0.2, -0.15) is 0 Å². The quantitative estimate of drug-likeness (QED) is 0.480. The summed E-state index contributed by atoms with van der Waals surface area (Å²) in [5.41, 5.74) is 10.9. The highest BCUT2D eigenvalue weighted by atomic mass is 32.2. The molecule has 1 unspecified atom stereocenters. The van der Waals surface area contributed by atoms with E-state index in [1.54, 1.807) is 29.4 Å². The zero-order chi connectivity index (χ0) is 20.0. The highest BCUT2D eigenvalue weighted by Gasteiger charge is 2.20. The molecule has 0 saturated heterocycles. The third-order valence-electron chi connectivity index (χ3n) is 4.85. The lowest BCUT2D eigenvalue weighted by molar-refractivity contribution is 0.860. The summed E-state index contributed by atoms with van der Waals surface area (Å²) >= 11 is 3.24. The molecule has 2 N–H and O–H groups in total. The van der Waals surface area contributed by atoms with E-state index in [0.29, 0.717) is 11.6 Å². The molecule has 4 aromatic rings. The summed E-state index contributed by atoms with van der Waals surface area (Å²) in [6, 6.07) is 6.35. The van der Waals surface area contributed by atoms with Gasteiger partial charge in [0.2, 0.25) is 0 Å². The molecule has 0 aliphatic carbocycles. The van der Waals surface area contributed by atoms with E-state index in [-0.39, 0.29) is 5.25 Å². The molecule has 0 amide bonds. The number of aryl methyl sites for hydroxylation is 4. The van der Waals surface area contributed by atoms with Gasteiger partial charge in [0.25, 0.3) is 0 Å². The second kappa shape index (κ2) is 7.18. The highest BCUT2D eigenvalue weighted by Crippen LogP contribution is 2.37. The van der Waals surface area contributed by atoms with E-state index in [4.69, 9.17) is 10.7 Å². The maximum Gasteiger partial charge on any atom is 0.196 e. The topological polar surface area (TPSA) is 82.5 Å². The van der Waals surface area contributed by atoms with Crippen molar-refractivity contribution < 1.29 is 0 Å². The van der Waals surface area contributed by atoms with Crippen molar-refractivity contribution in [2.45, 2.75) is 45.0 Å². The Balaban J connectivity index is 1.67. The number of rotatable bonds is 4. The predicted molar refractivity (Wildman–Crippen MR) is 116 cm³/mol. The van der Waals surface area contributed by atoms with Crippen molar-refractivity contribution in [2.24, 2.45) is 0 Å². The minimum atomic E-state index is -0.0110. The van der Waals surface area contributed by atoms with Crippen LogP contribution in [0.4, 0.5) is 5.82 Å². The van der Waals surface area contributed by atoms with Crippen molar-refractivity contribution in [3.8, 4) is 5.69 Å². The summed E-state index contributed by atoms with van der Waals surface area (Å²) in [5, 5.41) is 10.2. The van der Waals surface area contributed by atoms with Crippen molar-refractivity contribution in [3.63, 3.8) is 0 Å². The Kier molecular flexibility index (Phi) is 4.84. The van der Waals surface area contributed by atoms with Gasteiger partial charge in [-0.25, -0.2) is 9.97 Å². The smallest absolute Gasteiger partial charge is 0.196 e. The lowest BCUT2D eigenvalue weighted by atomic mass is 10.1. The van der Waals surface area contributed by atoms with E-state index in [1.807, 2.05) is 4.57 Å². The number of nitrogen functional groups attached to an aromatic ring is 1. The van der Waals surface area contributed by atoms with E-state index in [0.717, 1.165) is 21.1 Å². The molecule has 0 radical (unpaired) electrons. The molecule has 0 bridgehead atoms. The Labute approximate surface area is 172 Å². The number of nitrogens with zero attached hydrogens (tertiary/aromatic N) is 5. The van der Waals surface area contributed by atoms with Crippen LogP contribution in [0, 0.1) is 27.7 Å². The fourth-order valence-corrected chi connectivity index (χ4v) is 5.16. The van der Waals surface area contributed by atoms with Gasteiger partial charge in [-0.15, -0.1) is 21.5 Å². The first-order chi connectivity index (χ1) is 13.3. The number of benzene rings is 1. The van der Waals surface area contributed by atoms with Gasteiger partial charge in [0.15, 0.2) is 5.16 Å². The van der Waals surface area contributed by atoms with Gasteiger partial charge in [0.05, 0.1) is 16.3 Å². The first-order valence-electron chi connectivity index (χ1n) is 9.02. The van der Waals surface area contributed by atoms with Crippen LogP contribution in [-0.2, 0) is 0 Å². The second-order valence-corrected chi connectivity index (χ2v) is 9.48. The first-order valence-corrected chi connectivity index (χ1v) is 10.7. The Morgan fingerprint density at radius 1 is 1.14 bits per heavy atom. The largest absolute Gasteiger partial charge is 0.383 e. The van der Waals surface area contributed by atoms with E-state index in [1.165, 1.54) is 21.6 Å². The highest BCUT2D eigenvalue weighted by molar-refractivity contribution is 7.99. The van der Waals surface area contributed by atoms with Gasteiger partial charge in [0.1, 0.15) is 22.8 Å². The van der Waals surface area contributed by atoms with Crippen LogP contribution >= 0.6 is 23.1 Å². The second-order valence-electron chi connectivity index (χ2n) is 6.96. The molecular weight excluding hydrogens is 388 g/mol. The van der Waals surface area contributed by atoms with Gasteiger partial charge in [-0.1, -0.05) is 29.5 Å². The average Bonchev–Trinajstić information content (AvgIpc) is 3.19. The minimum absolute atomic E-state index is 0.0110. The summed E-state index contributed by atoms with van der Waals surface area (Å²) in [5.74, 6) is 1.26. The van der Waals surface area contributed by atoms with Crippen LogP contribution < -0.4 is 5.73 Å². The van der Waals surface area contributed by atoms with Crippen LogP contribution in [0.25, 0.3) is 15.9 Å². The van der Waals surface area contributed by atoms with E-state index < -0.39 is 0 Å². The van der Waals surface area contributed by atoms with Gasteiger partial charge < -0.3 is 5.73 Å². The molecule has 144 valence electrons. The molecule has 28 heavy (non-hydrogen) atoms. The zero-order valence-electron chi connectivity index (χ0n) is 16.5. The summed E-state index contributed by atoms with van der Waals surface area (Å²) < 4.78 is 2.01. The molecule has 0 aliphatic rings. The number of thiophene rings is 1. The Hall–Kier alpha value is -2.45. The van der Waals surface area contributed by atoms with Gasteiger partial charge in [0, 0.05) is 4.88 Å². The SMILES string of the molecule is Cc1ccc(-n2cnnc2SC(C)c2nc(N)c3c(C)c(C)sc3n2)c(C)c1. The number of nitrogens with two attached hydrogens (primary N) is 1.